The Bertz CT molecular complexity index is 621. The van der Waals surface area contributed by atoms with E-state index in [4.69, 9.17) is 4.74 Å². The van der Waals surface area contributed by atoms with Crippen LogP contribution in [0.5, 0.6) is 0 Å². The molecule has 2 aliphatic carbocycles. The number of halogens is 2. The maximum absolute atomic E-state index is 6.03. The smallest absolute Gasteiger partial charge is 0.0820 e. The Morgan fingerprint density at radius 2 is 1.48 bits per heavy atom. The Labute approximate surface area is 189 Å². The van der Waals surface area contributed by atoms with Gasteiger partial charge in [0, 0.05) is 38.5 Å². The van der Waals surface area contributed by atoms with Gasteiger partial charge in [-0.1, -0.05) is 43.9 Å². The lowest BCUT2D eigenvalue weighted by molar-refractivity contribution is 0.0122. The van der Waals surface area contributed by atoms with E-state index in [-0.39, 0.29) is 30.4 Å². The monoisotopic (exact) mass is 440 g/mol. The third-order valence-corrected chi connectivity index (χ3v) is 8.50. The fourth-order valence-corrected chi connectivity index (χ4v) is 7.11. The van der Waals surface area contributed by atoms with Gasteiger partial charge in [0.25, 0.3) is 0 Å². The lowest BCUT2D eigenvalue weighted by atomic mass is 9.81. The van der Waals surface area contributed by atoms with Crippen molar-refractivity contribution in [3.63, 3.8) is 0 Å². The molecule has 3 unspecified atom stereocenters. The standard InChI is InChI=1S/C24H36N2O.2ClH/c1-27-23-11-14-26(21-9-3-2-4-10-21)24(23)12-15-25(16-13-24)22-17-19-7-5-6-8-20(19)18-22;;/h2-4,9-10,19-20,22-23H,5-8,11-18H2,1H3;2*1H. The normalized spacial score (nSPS) is 33.8. The number of benzene rings is 1. The first-order valence-electron chi connectivity index (χ1n) is 11.4. The van der Waals surface area contributed by atoms with Gasteiger partial charge in [0.1, 0.15) is 0 Å². The molecule has 0 N–H and O–H groups in total. The molecule has 0 aromatic heterocycles. The van der Waals surface area contributed by atoms with Crippen LogP contribution >= 0.6 is 24.8 Å². The largest absolute Gasteiger partial charge is 0.379 e. The van der Waals surface area contributed by atoms with Gasteiger partial charge in [-0.05, 0) is 56.1 Å². The van der Waals surface area contributed by atoms with Crippen molar-refractivity contribution >= 4 is 30.5 Å². The minimum absolute atomic E-state index is 0. The van der Waals surface area contributed by atoms with Gasteiger partial charge in [0.05, 0.1) is 11.6 Å². The Morgan fingerprint density at radius 1 is 0.862 bits per heavy atom. The number of anilines is 1. The first-order chi connectivity index (χ1) is 13.3. The summed E-state index contributed by atoms with van der Waals surface area (Å²) < 4.78 is 6.03. The van der Waals surface area contributed by atoms with Gasteiger partial charge in [-0.3, -0.25) is 0 Å². The van der Waals surface area contributed by atoms with Gasteiger partial charge in [-0.25, -0.2) is 0 Å². The highest BCUT2D eigenvalue weighted by Crippen LogP contribution is 2.47. The maximum atomic E-state index is 6.03. The van der Waals surface area contributed by atoms with Crippen LogP contribution in [0.1, 0.15) is 57.8 Å². The molecule has 1 aromatic rings. The Balaban J connectivity index is 0.00000120. The number of ether oxygens (including phenoxy) is 1. The number of piperidine rings is 1. The van der Waals surface area contributed by atoms with Gasteiger partial charge in [-0.2, -0.15) is 0 Å². The van der Waals surface area contributed by atoms with Crippen molar-refractivity contribution in [1.82, 2.24) is 4.90 Å². The lowest BCUT2D eigenvalue weighted by Gasteiger charge is -2.49. The third kappa shape index (κ3) is 4.18. The molecular formula is C24H38Cl2N2O. The molecule has 164 valence electrons. The van der Waals surface area contributed by atoms with Crippen LogP contribution in [0.3, 0.4) is 0 Å². The van der Waals surface area contributed by atoms with E-state index in [9.17, 15) is 0 Å². The van der Waals surface area contributed by atoms with E-state index in [1.165, 1.54) is 76.6 Å². The van der Waals surface area contributed by atoms with Crippen molar-refractivity contribution < 1.29 is 4.74 Å². The number of fused-ring (bicyclic) bond motifs is 1. The minimum Gasteiger partial charge on any atom is -0.379 e. The molecule has 1 aromatic carbocycles. The number of hydrogen-bond donors (Lipinski definition) is 0. The predicted octanol–water partition coefficient (Wildman–Crippen LogP) is 5.56. The highest BCUT2D eigenvalue weighted by Gasteiger charge is 2.51. The Hall–Kier alpha value is -0.480. The van der Waals surface area contributed by atoms with Gasteiger partial charge in [0.15, 0.2) is 0 Å². The molecule has 2 saturated carbocycles. The van der Waals surface area contributed by atoms with Crippen molar-refractivity contribution in [2.45, 2.75) is 75.5 Å². The van der Waals surface area contributed by atoms with Crippen LogP contribution in [-0.2, 0) is 4.74 Å². The summed E-state index contributed by atoms with van der Waals surface area (Å²) in [6, 6.07) is 11.9. The molecule has 2 heterocycles. The van der Waals surface area contributed by atoms with Crippen LogP contribution < -0.4 is 4.90 Å². The van der Waals surface area contributed by atoms with E-state index in [2.05, 4.69) is 40.1 Å². The van der Waals surface area contributed by atoms with Crippen molar-refractivity contribution in [1.29, 1.82) is 0 Å². The predicted molar refractivity (Wildman–Crippen MR) is 126 cm³/mol. The number of nitrogens with zero attached hydrogens (tertiary/aromatic N) is 2. The molecule has 2 saturated heterocycles. The van der Waals surface area contributed by atoms with Crippen LogP contribution in [-0.4, -0.2) is 49.3 Å². The number of rotatable bonds is 3. The maximum Gasteiger partial charge on any atom is 0.0820 e. The highest BCUT2D eigenvalue weighted by molar-refractivity contribution is 5.85. The fourth-order valence-electron chi connectivity index (χ4n) is 7.11. The highest BCUT2D eigenvalue weighted by atomic mass is 35.5. The van der Waals surface area contributed by atoms with Gasteiger partial charge in [0.2, 0.25) is 0 Å². The lowest BCUT2D eigenvalue weighted by Crippen LogP contribution is -2.59. The molecule has 4 fully saturated rings. The van der Waals surface area contributed by atoms with Crippen LogP contribution in [0.2, 0.25) is 0 Å². The van der Waals surface area contributed by atoms with E-state index >= 15 is 0 Å². The van der Waals surface area contributed by atoms with Gasteiger partial charge < -0.3 is 14.5 Å². The minimum atomic E-state index is 0. The topological polar surface area (TPSA) is 15.7 Å². The Kier molecular flexibility index (Phi) is 7.81. The molecule has 0 bridgehead atoms. The molecule has 1 spiro atoms. The summed E-state index contributed by atoms with van der Waals surface area (Å²) in [6.07, 6.45) is 13.0. The summed E-state index contributed by atoms with van der Waals surface area (Å²) in [4.78, 5) is 5.55. The summed E-state index contributed by atoms with van der Waals surface area (Å²) in [5.74, 6) is 2.08. The van der Waals surface area contributed by atoms with Gasteiger partial charge >= 0.3 is 0 Å². The fraction of sp³-hybridized carbons (Fsp3) is 0.750. The quantitative estimate of drug-likeness (QED) is 0.611. The molecule has 0 radical (unpaired) electrons. The zero-order chi connectivity index (χ0) is 18.3. The summed E-state index contributed by atoms with van der Waals surface area (Å²) >= 11 is 0. The summed E-state index contributed by atoms with van der Waals surface area (Å²) in [6.45, 7) is 3.65. The van der Waals surface area contributed by atoms with Crippen LogP contribution in [0.15, 0.2) is 30.3 Å². The average Bonchev–Trinajstić information content (AvgIpc) is 3.31. The molecule has 4 aliphatic rings. The van der Waals surface area contributed by atoms with Crippen molar-refractivity contribution in [2.75, 3.05) is 31.6 Å². The summed E-state index contributed by atoms with van der Waals surface area (Å²) in [5, 5.41) is 0. The van der Waals surface area contributed by atoms with Crippen molar-refractivity contribution in [2.24, 2.45) is 11.8 Å². The molecule has 5 rings (SSSR count). The zero-order valence-corrected chi connectivity index (χ0v) is 19.4. The van der Waals surface area contributed by atoms with E-state index in [1.54, 1.807) is 0 Å². The first-order valence-corrected chi connectivity index (χ1v) is 11.4. The van der Waals surface area contributed by atoms with E-state index in [0.29, 0.717) is 6.10 Å². The second-order valence-electron chi connectivity index (χ2n) is 9.57. The van der Waals surface area contributed by atoms with Crippen molar-refractivity contribution in [3.8, 4) is 0 Å². The zero-order valence-electron chi connectivity index (χ0n) is 17.8. The number of para-hydroxylation sites is 1. The van der Waals surface area contributed by atoms with Crippen LogP contribution in [0.25, 0.3) is 0 Å². The molecule has 29 heavy (non-hydrogen) atoms. The Morgan fingerprint density at radius 3 is 2.07 bits per heavy atom. The number of hydrogen-bond acceptors (Lipinski definition) is 3. The average molecular weight is 441 g/mol. The van der Waals surface area contributed by atoms with E-state index in [1.807, 2.05) is 7.11 Å². The molecular weight excluding hydrogens is 403 g/mol. The van der Waals surface area contributed by atoms with Crippen LogP contribution in [0, 0.1) is 11.8 Å². The molecule has 3 atom stereocenters. The summed E-state index contributed by atoms with van der Waals surface area (Å²) in [7, 11) is 1.93. The number of likely N-dealkylation sites (tertiary alicyclic amines) is 1. The molecule has 2 aliphatic heterocycles. The van der Waals surface area contributed by atoms with Crippen LogP contribution in [0.4, 0.5) is 5.69 Å². The molecule has 0 amide bonds. The second kappa shape index (κ2) is 9.77. The number of methoxy groups -OCH3 is 1. The molecule has 5 heteroatoms. The molecule has 3 nitrogen and oxygen atoms in total. The summed E-state index contributed by atoms with van der Waals surface area (Å²) in [5.41, 5.74) is 1.59. The van der Waals surface area contributed by atoms with Gasteiger partial charge in [-0.15, -0.1) is 24.8 Å². The van der Waals surface area contributed by atoms with E-state index < -0.39 is 0 Å². The first kappa shape index (κ1) is 23.2. The second-order valence-corrected chi connectivity index (χ2v) is 9.57. The van der Waals surface area contributed by atoms with Crippen molar-refractivity contribution in [3.05, 3.63) is 30.3 Å². The van der Waals surface area contributed by atoms with E-state index in [0.717, 1.165) is 24.4 Å². The SMILES string of the molecule is COC1CCN(c2ccccc2)C12CCN(C1CC3CCCCC3C1)CC2.Cl.Cl. The third-order valence-electron chi connectivity index (χ3n) is 8.50.